The Hall–Kier alpha value is -3.08. The molecule has 5 heteroatoms. The van der Waals surface area contributed by atoms with Gasteiger partial charge in [-0.05, 0) is 36.6 Å². The smallest absolute Gasteiger partial charge is 0.254 e. The van der Waals surface area contributed by atoms with Crippen LogP contribution in [0.25, 0.3) is 0 Å². The quantitative estimate of drug-likeness (QED) is 0.743. The Kier molecular flexibility index (Phi) is 3.54. The molecule has 2 heterocycles. The van der Waals surface area contributed by atoms with Crippen LogP contribution >= 0.6 is 0 Å². The molecule has 0 saturated carbocycles. The topological polar surface area (TPSA) is 55.4 Å². The van der Waals surface area contributed by atoms with Crippen LogP contribution in [0.15, 0.2) is 64.8 Å². The van der Waals surface area contributed by atoms with Crippen LogP contribution in [0.2, 0.25) is 0 Å². The highest BCUT2D eigenvalue weighted by atomic mass is 15.4. The van der Waals surface area contributed by atoms with Crippen molar-refractivity contribution in [1.82, 2.24) is 14.8 Å². The standard InChI is InChI=1S/C19H17N5/c1-13-8-9-16(10-14(13)2)17-18(24-19(23-17)21-12-22-24)20-11-15-6-4-3-5-7-15/h3-10,12H,11H2,1-2H3. The molecule has 0 N–H and O–H groups in total. The van der Waals surface area contributed by atoms with E-state index < -0.39 is 0 Å². The maximum absolute atomic E-state index is 4.76. The number of aromatic nitrogens is 3. The van der Waals surface area contributed by atoms with Crippen molar-refractivity contribution in [3.63, 3.8) is 0 Å². The average molecular weight is 315 g/mol. The lowest BCUT2D eigenvalue weighted by atomic mass is 10.0. The van der Waals surface area contributed by atoms with Gasteiger partial charge >= 0.3 is 0 Å². The average Bonchev–Trinajstić information content (AvgIpc) is 3.18. The zero-order valence-corrected chi connectivity index (χ0v) is 13.6. The molecule has 0 saturated heterocycles. The second kappa shape index (κ2) is 5.85. The molecule has 5 nitrogen and oxygen atoms in total. The number of nitrogens with zero attached hydrogens (tertiary/aromatic N) is 5. The van der Waals surface area contributed by atoms with Crippen LogP contribution < -0.4 is 0 Å². The molecule has 1 aliphatic heterocycles. The fourth-order valence-corrected chi connectivity index (χ4v) is 2.69. The highest BCUT2D eigenvalue weighted by Crippen LogP contribution is 2.21. The predicted octanol–water partition coefficient (Wildman–Crippen LogP) is 3.48. The SMILES string of the molecule is Cc1ccc(C2=Nc3ncnn3C2=NCc2ccccc2)cc1C. The molecule has 0 spiro atoms. The molecule has 1 aromatic heterocycles. The minimum absolute atomic E-state index is 0.579. The highest BCUT2D eigenvalue weighted by molar-refractivity contribution is 6.50. The van der Waals surface area contributed by atoms with Gasteiger partial charge in [-0.15, -0.1) is 0 Å². The Bertz CT molecular complexity index is 951. The second-order valence-electron chi connectivity index (χ2n) is 5.86. The minimum atomic E-state index is 0.579. The van der Waals surface area contributed by atoms with Gasteiger partial charge in [0.2, 0.25) is 0 Å². The molecule has 0 radical (unpaired) electrons. The number of benzene rings is 2. The molecule has 4 rings (SSSR count). The summed E-state index contributed by atoms with van der Waals surface area (Å²) in [4.78, 5) is 13.6. The van der Waals surface area contributed by atoms with E-state index in [1.54, 1.807) is 4.68 Å². The third-order valence-electron chi connectivity index (χ3n) is 4.19. The molecule has 0 bridgehead atoms. The monoisotopic (exact) mass is 315 g/mol. The van der Waals surface area contributed by atoms with Gasteiger partial charge in [0.05, 0.1) is 6.54 Å². The van der Waals surface area contributed by atoms with Gasteiger partial charge in [0.25, 0.3) is 5.95 Å². The first-order chi connectivity index (χ1) is 11.7. The van der Waals surface area contributed by atoms with Crippen molar-refractivity contribution in [2.24, 2.45) is 9.98 Å². The van der Waals surface area contributed by atoms with Crippen LogP contribution in [0.5, 0.6) is 0 Å². The first-order valence-corrected chi connectivity index (χ1v) is 7.88. The number of hydrogen-bond acceptors (Lipinski definition) is 4. The lowest BCUT2D eigenvalue weighted by molar-refractivity contribution is 0.932. The molecule has 0 fully saturated rings. The molecule has 3 aromatic rings. The fraction of sp³-hybridized carbons (Fsp3) is 0.158. The van der Waals surface area contributed by atoms with Crippen molar-refractivity contribution in [3.8, 4) is 0 Å². The van der Waals surface area contributed by atoms with E-state index in [0.29, 0.717) is 12.5 Å². The molecule has 0 atom stereocenters. The van der Waals surface area contributed by atoms with Crippen molar-refractivity contribution in [2.45, 2.75) is 20.4 Å². The van der Waals surface area contributed by atoms with E-state index in [0.717, 1.165) is 22.7 Å². The van der Waals surface area contributed by atoms with Crippen LogP contribution in [-0.2, 0) is 6.54 Å². The van der Waals surface area contributed by atoms with E-state index in [9.17, 15) is 0 Å². The Morgan fingerprint density at radius 3 is 2.62 bits per heavy atom. The summed E-state index contributed by atoms with van der Waals surface area (Å²) < 4.78 is 1.70. The summed E-state index contributed by atoms with van der Waals surface area (Å²) in [6, 6.07) is 16.5. The van der Waals surface area contributed by atoms with Crippen LogP contribution in [0.4, 0.5) is 5.95 Å². The first-order valence-electron chi connectivity index (χ1n) is 7.88. The third kappa shape index (κ3) is 2.54. The van der Waals surface area contributed by atoms with Crippen LogP contribution in [-0.4, -0.2) is 26.3 Å². The van der Waals surface area contributed by atoms with E-state index in [1.807, 2.05) is 18.2 Å². The number of aliphatic imine (C=N–C) groups is 2. The van der Waals surface area contributed by atoms with Crippen molar-refractivity contribution >= 4 is 17.5 Å². The number of fused-ring (bicyclic) bond motifs is 1. The van der Waals surface area contributed by atoms with Crippen molar-refractivity contribution in [2.75, 3.05) is 0 Å². The molecule has 0 amide bonds. The van der Waals surface area contributed by atoms with Crippen molar-refractivity contribution in [1.29, 1.82) is 0 Å². The molecule has 0 aliphatic carbocycles. The van der Waals surface area contributed by atoms with Crippen molar-refractivity contribution in [3.05, 3.63) is 77.1 Å². The molecular weight excluding hydrogens is 298 g/mol. The van der Waals surface area contributed by atoms with Gasteiger partial charge in [-0.3, -0.25) is 4.99 Å². The second-order valence-corrected chi connectivity index (χ2v) is 5.86. The minimum Gasteiger partial charge on any atom is -0.260 e. The van der Waals surface area contributed by atoms with Gasteiger partial charge in [0, 0.05) is 5.56 Å². The van der Waals surface area contributed by atoms with E-state index in [-0.39, 0.29) is 0 Å². The summed E-state index contributed by atoms with van der Waals surface area (Å²) in [6.07, 6.45) is 1.51. The maximum Gasteiger partial charge on any atom is 0.254 e. The fourth-order valence-electron chi connectivity index (χ4n) is 2.69. The summed E-state index contributed by atoms with van der Waals surface area (Å²) in [5.74, 6) is 1.32. The third-order valence-corrected chi connectivity index (χ3v) is 4.19. The Labute approximate surface area is 140 Å². The molecule has 0 unspecified atom stereocenters. The summed E-state index contributed by atoms with van der Waals surface area (Å²) in [6.45, 7) is 4.79. The summed E-state index contributed by atoms with van der Waals surface area (Å²) in [5, 5.41) is 4.27. The number of aryl methyl sites for hydroxylation is 2. The van der Waals surface area contributed by atoms with Gasteiger partial charge < -0.3 is 0 Å². The Morgan fingerprint density at radius 2 is 1.83 bits per heavy atom. The van der Waals surface area contributed by atoms with Gasteiger partial charge in [0.1, 0.15) is 12.0 Å². The number of rotatable bonds is 3. The van der Waals surface area contributed by atoms with Gasteiger partial charge in [-0.1, -0.05) is 42.5 Å². The van der Waals surface area contributed by atoms with Crippen LogP contribution in [0.3, 0.4) is 0 Å². The predicted molar refractivity (Wildman–Crippen MR) is 95.1 cm³/mol. The van der Waals surface area contributed by atoms with Gasteiger partial charge in [-0.25, -0.2) is 4.99 Å². The first kappa shape index (κ1) is 14.5. The maximum atomic E-state index is 4.76. The Morgan fingerprint density at radius 1 is 1.00 bits per heavy atom. The molecule has 24 heavy (non-hydrogen) atoms. The summed E-state index contributed by atoms with van der Waals surface area (Å²) in [7, 11) is 0. The van der Waals surface area contributed by atoms with E-state index in [1.165, 1.54) is 17.5 Å². The zero-order chi connectivity index (χ0) is 16.5. The summed E-state index contributed by atoms with van der Waals surface area (Å²) in [5.41, 5.74) is 5.51. The van der Waals surface area contributed by atoms with Gasteiger partial charge in [0.15, 0.2) is 5.84 Å². The van der Waals surface area contributed by atoms with Crippen LogP contribution in [0, 0.1) is 13.8 Å². The normalized spacial score (nSPS) is 14.8. The van der Waals surface area contributed by atoms with Crippen LogP contribution in [0.1, 0.15) is 22.3 Å². The van der Waals surface area contributed by atoms with E-state index >= 15 is 0 Å². The molecule has 2 aromatic carbocycles. The van der Waals surface area contributed by atoms with Gasteiger partial charge in [-0.2, -0.15) is 14.8 Å². The lowest BCUT2D eigenvalue weighted by Crippen LogP contribution is -2.20. The lowest BCUT2D eigenvalue weighted by Gasteiger charge is -2.07. The molecular formula is C19H17N5. The molecule has 1 aliphatic rings. The van der Waals surface area contributed by atoms with Crippen molar-refractivity contribution < 1.29 is 0 Å². The van der Waals surface area contributed by atoms with E-state index in [4.69, 9.17) is 4.99 Å². The highest BCUT2D eigenvalue weighted by Gasteiger charge is 2.25. The largest absolute Gasteiger partial charge is 0.260 e. The zero-order valence-electron chi connectivity index (χ0n) is 13.6. The number of hydrogen-bond donors (Lipinski definition) is 0. The Balaban J connectivity index is 1.75. The summed E-state index contributed by atoms with van der Waals surface area (Å²) >= 11 is 0. The molecule has 118 valence electrons. The van der Waals surface area contributed by atoms with E-state index in [2.05, 4.69) is 59.3 Å².